The van der Waals surface area contributed by atoms with Gasteiger partial charge in [0.15, 0.2) is 5.16 Å². The lowest BCUT2D eigenvalue weighted by atomic mass is 10.3. The summed E-state index contributed by atoms with van der Waals surface area (Å²) < 4.78 is 1.41. The number of hydrogen-bond donors (Lipinski definition) is 2. The molecule has 0 aliphatic heterocycles. The molecule has 0 aliphatic carbocycles. The molecule has 2 aromatic rings. The standard InChI is InChI=1S/C13H17N5O2S/c1-3-6-14-7-9-4-5-10(15-8-9)21-13-16-11(19)12(20)17-18(13)2/h4-5,8,14H,3,6-7H2,1-2H3,(H,17,20). The van der Waals surface area contributed by atoms with Crippen molar-refractivity contribution in [2.24, 2.45) is 7.05 Å². The first-order chi connectivity index (χ1) is 10.1. The smallest absolute Gasteiger partial charge is 0.313 e. The van der Waals surface area contributed by atoms with Gasteiger partial charge in [-0.2, -0.15) is 4.98 Å². The van der Waals surface area contributed by atoms with E-state index in [1.165, 1.54) is 16.4 Å². The Morgan fingerprint density at radius 2 is 2.19 bits per heavy atom. The fourth-order valence-electron chi connectivity index (χ4n) is 1.63. The molecule has 0 aromatic carbocycles. The molecule has 2 heterocycles. The summed E-state index contributed by atoms with van der Waals surface area (Å²) in [5.41, 5.74) is -0.431. The zero-order valence-electron chi connectivity index (χ0n) is 11.9. The van der Waals surface area contributed by atoms with Gasteiger partial charge in [-0.1, -0.05) is 13.0 Å². The van der Waals surface area contributed by atoms with Crippen LogP contribution in [0.3, 0.4) is 0 Å². The van der Waals surface area contributed by atoms with Gasteiger partial charge in [-0.05, 0) is 36.4 Å². The minimum Gasteiger partial charge on any atom is -0.313 e. The Bertz CT molecular complexity index is 708. The zero-order valence-corrected chi connectivity index (χ0v) is 12.7. The van der Waals surface area contributed by atoms with E-state index in [1.807, 2.05) is 12.1 Å². The Morgan fingerprint density at radius 3 is 2.86 bits per heavy atom. The van der Waals surface area contributed by atoms with E-state index in [-0.39, 0.29) is 0 Å². The number of rotatable bonds is 6. The van der Waals surface area contributed by atoms with Crippen LogP contribution in [0.2, 0.25) is 0 Å². The molecule has 0 atom stereocenters. The third-order valence-electron chi connectivity index (χ3n) is 2.70. The summed E-state index contributed by atoms with van der Waals surface area (Å²) in [7, 11) is 1.62. The Kier molecular flexibility index (Phi) is 5.29. The van der Waals surface area contributed by atoms with Gasteiger partial charge < -0.3 is 5.32 Å². The third-order valence-corrected chi connectivity index (χ3v) is 3.70. The molecule has 0 fully saturated rings. The van der Waals surface area contributed by atoms with Gasteiger partial charge in [0.1, 0.15) is 5.03 Å². The van der Waals surface area contributed by atoms with Gasteiger partial charge in [-0.3, -0.25) is 19.4 Å². The van der Waals surface area contributed by atoms with Crippen LogP contribution in [0.15, 0.2) is 38.1 Å². The van der Waals surface area contributed by atoms with Gasteiger partial charge in [0, 0.05) is 19.8 Å². The number of H-pyrrole nitrogens is 1. The second kappa shape index (κ2) is 7.19. The summed E-state index contributed by atoms with van der Waals surface area (Å²) in [6, 6.07) is 3.84. The molecule has 0 aliphatic rings. The van der Waals surface area contributed by atoms with Gasteiger partial charge in [-0.25, -0.2) is 4.98 Å². The summed E-state index contributed by atoms with van der Waals surface area (Å²) in [6.45, 7) is 3.87. The van der Waals surface area contributed by atoms with E-state index in [1.54, 1.807) is 13.2 Å². The predicted molar refractivity (Wildman–Crippen MR) is 80.5 cm³/mol. The van der Waals surface area contributed by atoms with Crippen LogP contribution in [0.25, 0.3) is 0 Å². The van der Waals surface area contributed by atoms with Crippen LogP contribution in [-0.2, 0) is 13.6 Å². The molecule has 0 amide bonds. The molecule has 0 saturated heterocycles. The SMILES string of the molecule is CCCNCc1ccc(Sc2nc(=O)c(=O)[nH]n2C)nc1. The lowest BCUT2D eigenvalue weighted by Gasteiger charge is -2.06. The van der Waals surface area contributed by atoms with Crippen molar-refractivity contribution < 1.29 is 0 Å². The maximum atomic E-state index is 11.3. The Balaban J connectivity index is 2.08. The maximum Gasteiger partial charge on any atom is 0.339 e. The molecule has 2 N–H and O–H groups in total. The fraction of sp³-hybridized carbons (Fsp3) is 0.385. The Hall–Kier alpha value is -1.93. The van der Waals surface area contributed by atoms with Gasteiger partial charge in [0.25, 0.3) is 0 Å². The average molecular weight is 307 g/mol. The second-order valence-electron chi connectivity index (χ2n) is 4.48. The molecule has 0 radical (unpaired) electrons. The molecule has 7 nitrogen and oxygen atoms in total. The molecule has 0 spiro atoms. The van der Waals surface area contributed by atoms with Crippen molar-refractivity contribution in [1.82, 2.24) is 25.1 Å². The molecular formula is C13H17N5O2S. The Morgan fingerprint density at radius 1 is 1.38 bits per heavy atom. The summed E-state index contributed by atoms with van der Waals surface area (Å²) in [6.07, 6.45) is 2.88. The molecule has 8 heteroatoms. The minimum atomic E-state index is -0.795. The second-order valence-corrected chi connectivity index (χ2v) is 5.47. The molecule has 2 aromatic heterocycles. The average Bonchev–Trinajstić information content (AvgIpc) is 2.47. The van der Waals surface area contributed by atoms with E-state index in [0.29, 0.717) is 10.2 Å². The molecule has 21 heavy (non-hydrogen) atoms. The van der Waals surface area contributed by atoms with Crippen molar-refractivity contribution >= 4 is 11.8 Å². The van der Waals surface area contributed by atoms with Crippen LogP contribution in [0.5, 0.6) is 0 Å². The van der Waals surface area contributed by atoms with Crippen LogP contribution >= 0.6 is 11.8 Å². The van der Waals surface area contributed by atoms with Gasteiger partial charge >= 0.3 is 11.1 Å². The molecule has 2 rings (SSSR count). The van der Waals surface area contributed by atoms with Crippen molar-refractivity contribution in [1.29, 1.82) is 0 Å². The fourth-order valence-corrected chi connectivity index (χ4v) is 2.37. The van der Waals surface area contributed by atoms with Gasteiger partial charge in [-0.15, -0.1) is 0 Å². The van der Waals surface area contributed by atoms with E-state index in [0.717, 1.165) is 25.1 Å². The largest absolute Gasteiger partial charge is 0.339 e. The highest BCUT2D eigenvalue weighted by Gasteiger charge is 2.07. The highest BCUT2D eigenvalue weighted by molar-refractivity contribution is 7.99. The molecule has 112 valence electrons. The van der Waals surface area contributed by atoms with Crippen molar-refractivity contribution in [2.75, 3.05) is 6.54 Å². The molecule has 0 saturated carbocycles. The van der Waals surface area contributed by atoms with E-state index < -0.39 is 11.1 Å². The first kappa shape index (κ1) is 15.5. The van der Waals surface area contributed by atoms with Gasteiger partial charge in [0.05, 0.1) is 0 Å². The van der Waals surface area contributed by atoms with Crippen LogP contribution < -0.4 is 16.4 Å². The number of aryl methyl sites for hydroxylation is 1. The lowest BCUT2D eigenvalue weighted by molar-refractivity contribution is 0.596. The van der Waals surface area contributed by atoms with Crippen molar-refractivity contribution in [3.63, 3.8) is 0 Å². The van der Waals surface area contributed by atoms with Crippen LogP contribution in [0.1, 0.15) is 18.9 Å². The highest BCUT2D eigenvalue weighted by atomic mass is 32.2. The van der Waals surface area contributed by atoms with Crippen LogP contribution in [0, 0.1) is 0 Å². The number of nitrogens with zero attached hydrogens (tertiary/aromatic N) is 3. The number of pyridine rings is 1. The lowest BCUT2D eigenvalue weighted by Crippen LogP contribution is -2.33. The summed E-state index contributed by atoms with van der Waals surface area (Å²) in [5.74, 6) is 0. The van der Waals surface area contributed by atoms with Crippen molar-refractivity contribution in [3.8, 4) is 0 Å². The summed E-state index contributed by atoms with van der Waals surface area (Å²) >= 11 is 1.22. The molecule has 0 bridgehead atoms. The number of hydrogen-bond acceptors (Lipinski definition) is 6. The van der Waals surface area contributed by atoms with Crippen molar-refractivity contribution in [2.45, 2.75) is 30.1 Å². The van der Waals surface area contributed by atoms with Crippen LogP contribution in [0.4, 0.5) is 0 Å². The Labute approximate surface area is 125 Å². The highest BCUT2D eigenvalue weighted by Crippen LogP contribution is 2.21. The van der Waals surface area contributed by atoms with E-state index in [9.17, 15) is 9.59 Å². The van der Waals surface area contributed by atoms with Crippen molar-refractivity contribution in [3.05, 3.63) is 44.6 Å². The summed E-state index contributed by atoms with van der Waals surface area (Å²) in [4.78, 5) is 30.5. The third kappa shape index (κ3) is 4.27. The number of aromatic amines is 1. The number of aromatic nitrogens is 4. The van der Waals surface area contributed by atoms with E-state index in [4.69, 9.17) is 0 Å². The first-order valence-corrected chi connectivity index (χ1v) is 7.42. The van der Waals surface area contributed by atoms with Gasteiger partial charge in [0.2, 0.25) is 0 Å². The first-order valence-electron chi connectivity index (χ1n) is 6.61. The molecular weight excluding hydrogens is 290 g/mol. The normalized spacial score (nSPS) is 10.8. The maximum absolute atomic E-state index is 11.3. The predicted octanol–water partition coefficient (Wildman–Crippen LogP) is 0.514. The van der Waals surface area contributed by atoms with E-state index in [2.05, 4.69) is 27.3 Å². The summed E-state index contributed by atoms with van der Waals surface area (Å²) in [5, 5.41) is 6.80. The number of nitrogens with one attached hydrogen (secondary N) is 2. The quantitative estimate of drug-likeness (QED) is 0.597. The minimum absolute atomic E-state index is 0.393. The molecule has 0 unspecified atom stereocenters. The van der Waals surface area contributed by atoms with E-state index >= 15 is 0 Å². The topological polar surface area (TPSA) is 92.7 Å². The van der Waals surface area contributed by atoms with Crippen LogP contribution in [-0.4, -0.2) is 26.3 Å². The zero-order chi connectivity index (χ0) is 15.2. The monoisotopic (exact) mass is 307 g/mol.